The Kier molecular flexibility index (Phi) is 7.10. The third-order valence-corrected chi connectivity index (χ3v) is 2.71. The summed E-state index contributed by atoms with van der Waals surface area (Å²) in [4.78, 5) is 30.8. The van der Waals surface area contributed by atoms with Crippen LogP contribution in [0.3, 0.4) is 0 Å². The number of nitrogens with one attached hydrogen (secondary N) is 2. The second-order valence-corrected chi connectivity index (χ2v) is 4.45. The molecule has 0 radical (unpaired) electrons. The van der Waals surface area contributed by atoms with Gasteiger partial charge in [0.05, 0.1) is 12.2 Å². The number of hydrogen-bond acceptors (Lipinski definition) is 5. The summed E-state index contributed by atoms with van der Waals surface area (Å²) in [7, 11) is 1.54. The summed E-state index contributed by atoms with van der Waals surface area (Å²) >= 11 is 0. The summed E-state index contributed by atoms with van der Waals surface area (Å²) in [6.45, 7) is 2.41. The number of methoxy groups -OCH3 is 1. The van der Waals surface area contributed by atoms with Crippen LogP contribution >= 0.6 is 0 Å². The number of carboxylic acid groups (broad SMARTS) is 1. The molecule has 2 amide bonds. The van der Waals surface area contributed by atoms with Gasteiger partial charge in [0.15, 0.2) is 0 Å². The van der Waals surface area contributed by atoms with Gasteiger partial charge in [0, 0.05) is 19.9 Å². The number of aryl methyl sites for hydroxylation is 1. The predicted octanol–water partition coefficient (Wildman–Crippen LogP) is 0.464. The fourth-order valence-corrected chi connectivity index (χ4v) is 1.67. The van der Waals surface area contributed by atoms with Crippen LogP contribution in [-0.2, 0) is 16.1 Å². The Bertz CT molecular complexity index is 481. The molecule has 1 unspecified atom stereocenters. The van der Waals surface area contributed by atoms with E-state index in [9.17, 15) is 9.59 Å². The number of carboxylic acids is 1. The minimum atomic E-state index is -1.07. The first-order valence-electron chi connectivity index (χ1n) is 6.57. The number of nitrogens with zero attached hydrogens (tertiary/aromatic N) is 2. The third-order valence-electron chi connectivity index (χ3n) is 2.71. The fourth-order valence-electron chi connectivity index (χ4n) is 1.67. The molecule has 3 N–H and O–H groups in total. The van der Waals surface area contributed by atoms with Gasteiger partial charge in [-0.25, -0.2) is 19.6 Å². The number of ether oxygens (including phenoxy) is 1. The van der Waals surface area contributed by atoms with Crippen LogP contribution in [0.25, 0.3) is 0 Å². The van der Waals surface area contributed by atoms with Crippen LogP contribution < -0.4 is 10.6 Å². The van der Waals surface area contributed by atoms with Crippen molar-refractivity contribution in [2.24, 2.45) is 0 Å². The maximum absolute atomic E-state index is 11.7. The smallest absolute Gasteiger partial charge is 0.326 e. The minimum absolute atomic E-state index is 0.208. The van der Waals surface area contributed by atoms with E-state index in [0.717, 1.165) is 0 Å². The highest BCUT2D eigenvalue weighted by Gasteiger charge is 2.19. The lowest BCUT2D eigenvalue weighted by atomic mass is 10.1. The van der Waals surface area contributed by atoms with Gasteiger partial charge in [-0.15, -0.1) is 0 Å². The SMILES string of the molecule is COCCCC(NC(=O)NCc1ccnc(C)n1)C(=O)O. The zero-order valence-corrected chi connectivity index (χ0v) is 12.1. The number of aromatic nitrogens is 2. The lowest BCUT2D eigenvalue weighted by Gasteiger charge is -2.14. The molecule has 1 heterocycles. The molecule has 21 heavy (non-hydrogen) atoms. The van der Waals surface area contributed by atoms with E-state index < -0.39 is 18.0 Å². The van der Waals surface area contributed by atoms with Crippen LogP contribution in [0.2, 0.25) is 0 Å². The molecule has 0 spiro atoms. The molecule has 8 heteroatoms. The molecule has 0 bridgehead atoms. The van der Waals surface area contributed by atoms with Gasteiger partial charge in [-0.1, -0.05) is 0 Å². The molecule has 0 aliphatic rings. The highest BCUT2D eigenvalue weighted by atomic mass is 16.5. The molecule has 0 saturated carbocycles. The average molecular weight is 296 g/mol. The molecule has 116 valence electrons. The summed E-state index contributed by atoms with van der Waals surface area (Å²) in [5.74, 6) is -0.461. The minimum Gasteiger partial charge on any atom is -0.480 e. The monoisotopic (exact) mass is 296 g/mol. The van der Waals surface area contributed by atoms with Crippen LogP contribution in [0.4, 0.5) is 4.79 Å². The quantitative estimate of drug-likeness (QED) is 0.601. The van der Waals surface area contributed by atoms with Crippen LogP contribution in [0.15, 0.2) is 12.3 Å². The lowest BCUT2D eigenvalue weighted by Crippen LogP contribution is -2.45. The van der Waals surface area contributed by atoms with Gasteiger partial charge in [0.25, 0.3) is 0 Å². The lowest BCUT2D eigenvalue weighted by molar-refractivity contribution is -0.139. The van der Waals surface area contributed by atoms with Gasteiger partial charge in [0.1, 0.15) is 11.9 Å². The summed E-state index contributed by atoms with van der Waals surface area (Å²) in [6, 6.07) is 0.198. The molecular formula is C13H20N4O4. The average Bonchev–Trinajstić information content (AvgIpc) is 2.44. The van der Waals surface area contributed by atoms with Gasteiger partial charge in [-0.3, -0.25) is 0 Å². The van der Waals surface area contributed by atoms with Gasteiger partial charge < -0.3 is 20.5 Å². The fraction of sp³-hybridized carbons (Fsp3) is 0.538. The van der Waals surface area contributed by atoms with Crippen LogP contribution in [0, 0.1) is 6.92 Å². The number of hydrogen-bond donors (Lipinski definition) is 3. The Hall–Kier alpha value is -2.22. The molecule has 0 aliphatic heterocycles. The summed E-state index contributed by atoms with van der Waals surface area (Å²) in [6.07, 6.45) is 2.46. The molecule has 0 saturated heterocycles. The molecule has 8 nitrogen and oxygen atoms in total. The Morgan fingerprint density at radius 3 is 2.86 bits per heavy atom. The van der Waals surface area contributed by atoms with Gasteiger partial charge in [-0.2, -0.15) is 0 Å². The topological polar surface area (TPSA) is 113 Å². The zero-order chi connectivity index (χ0) is 15.7. The van der Waals surface area contributed by atoms with Crippen LogP contribution in [-0.4, -0.2) is 46.8 Å². The van der Waals surface area contributed by atoms with Gasteiger partial charge >= 0.3 is 12.0 Å². The normalized spacial score (nSPS) is 11.7. The first-order valence-corrected chi connectivity index (χ1v) is 6.57. The van der Waals surface area contributed by atoms with Crippen molar-refractivity contribution < 1.29 is 19.4 Å². The highest BCUT2D eigenvalue weighted by Crippen LogP contribution is 1.99. The Balaban J connectivity index is 2.41. The summed E-state index contributed by atoms with van der Waals surface area (Å²) < 4.78 is 4.86. The van der Waals surface area contributed by atoms with Gasteiger partial charge in [-0.05, 0) is 25.8 Å². The van der Waals surface area contributed by atoms with E-state index in [1.54, 1.807) is 26.3 Å². The molecule has 0 aliphatic carbocycles. The maximum Gasteiger partial charge on any atom is 0.326 e. The van der Waals surface area contributed by atoms with Crippen molar-refractivity contribution >= 4 is 12.0 Å². The predicted molar refractivity (Wildman–Crippen MR) is 74.7 cm³/mol. The molecule has 0 fully saturated rings. The molecule has 1 aromatic heterocycles. The number of rotatable bonds is 8. The Morgan fingerprint density at radius 2 is 2.24 bits per heavy atom. The standard InChI is InChI=1S/C13H20N4O4/c1-9-14-6-5-10(16-9)8-15-13(20)17-11(12(18)19)4-3-7-21-2/h5-6,11H,3-4,7-8H2,1-2H3,(H,18,19)(H2,15,17,20). The van der Waals surface area contributed by atoms with E-state index >= 15 is 0 Å². The summed E-state index contributed by atoms with van der Waals surface area (Å²) in [5, 5.41) is 14.0. The van der Waals surface area contributed by atoms with Crippen molar-refractivity contribution in [1.82, 2.24) is 20.6 Å². The van der Waals surface area contributed by atoms with Crippen LogP contribution in [0.1, 0.15) is 24.4 Å². The molecule has 0 aromatic carbocycles. The van der Waals surface area contributed by atoms with Crippen LogP contribution in [0.5, 0.6) is 0 Å². The first kappa shape index (κ1) is 16.8. The maximum atomic E-state index is 11.7. The van der Waals surface area contributed by atoms with E-state index in [4.69, 9.17) is 9.84 Å². The Labute approximate surface area is 122 Å². The first-order chi connectivity index (χ1) is 10.0. The largest absolute Gasteiger partial charge is 0.480 e. The Morgan fingerprint density at radius 1 is 1.48 bits per heavy atom. The van der Waals surface area contributed by atoms with Crippen molar-refractivity contribution in [3.05, 3.63) is 23.8 Å². The second-order valence-electron chi connectivity index (χ2n) is 4.45. The van der Waals surface area contributed by atoms with E-state index in [-0.39, 0.29) is 6.54 Å². The number of carbonyl (C=O) groups is 2. The molecule has 1 atom stereocenters. The van der Waals surface area contributed by atoms with E-state index in [0.29, 0.717) is 31.0 Å². The van der Waals surface area contributed by atoms with E-state index in [1.807, 2.05) is 0 Å². The zero-order valence-electron chi connectivity index (χ0n) is 12.1. The van der Waals surface area contributed by atoms with Crippen molar-refractivity contribution in [1.29, 1.82) is 0 Å². The van der Waals surface area contributed by atoms with Crippen molar-refractivity contribution in [2.75, 3.05) is 13.7 Å². The van der Waals surface area contributed by atoms with Crippen molar-refractivity contribution in [2.45, 2.75) is 32.4 Å². The molecular weight excluding hydrogens is 276 g/mol. The summed E-state index contributed by atoms with van der Waals surface area (Å²) in [5.41, 5.74) is 0.656. The molecule has 1 aromatic rings. The second kappa shape index (κ2) is 8.85. The van der Waals surface area contributed by atoms with Crippen molar-refractivity contribution in [3.63, 3.8) is 0 Å². The number of carbonyl (C=O) groups excluding carboxylic acids is 1. The van der Waals surface area contributed by atoms with Gasteiger partial charge in [0.2, 0.25) is 0 Å². The number of amides is 2. The highest BCUT2D eigenvalue weighted by molar-refractivity contribution is 5.82. The van der Waals surface area contributed by atoms with E-state index in [2.05, 4.69) is 20.6 Å². The number of aliphatic carboxylic acids is 1. The van der Waals surface area contributed by atoms with E-state index in [1.165, 1.54) is 0 Å². The number of urea groups is 1. The third kappa shape index (κ3) is 6.66. The van der Waals surface area contributed by atoms with Crippen molar-refractivity contribution in [3.8, 4) is 0 Å². The molecule has 1 rings (SSSR count).